The first kappa shape index (κ1) is 9.59. The van der Waals surface area contributed by atoms with Crippen molar-refractivity contribution in [2.24, 2.45) is 0 Å². The zero-order valence-corrected chi connectivity index (χ0v) is 7.88. The predicted molar refractivity (Wildman–Crippen MR) is 48.2 cm³/mol. The molecule has 2 nitrogen and oxygen atoms in total. The molecule has 1 aliphatic heterocycles. The number of carbonyl (C=O) groups excluding carboxylic acids is 1. The molecule has 68 valence electrons. The van der Waals surface area contributed by atoms with Gasteiger partial charge >= 0.3 is 5.97 Å². The van der Waals surface area contributed by atoms with Gasteiger partial charge in [0.15, 0.2) is 0 Å². The molecule has 1 rings (SSSR count). The quantitative estimate of drug-likeness (QED) is 0.386. The van der Waals surface area contributed by atoms with Crippen LogP contribution in [0, 0.1) is 0 Å². The first-order valence-electron chi connectivity index (χ1n) is 4.25. The molecule has 0 aliphatic carbocycles. The molecule has 1 saturated heterocycles. The third-order valence-electron chi connectivity index (χ3n) is 1.77. The van der Waals surface area contributed by atoms with Crippen molar-refractivity contribution in [1.29, 1.82) is 0 Å². The molecule has 1 heterocycles. The Labute approximate surface area is 77.5 Å². The summed E-state index contributed by atoms with van der Waals surface area (Å²) in [6.45, 7) is 2.11. The monoisotopic (exact) mass is 188 g/mol. The summed E-state index contributed by atoms with van der Waals surface area (Å²) in [6.07, 6.45) is 6.62. The van der Waals surface area contributed by atoms with E-state index in [9.17, 15) is 4.79 Å². The Hall–Kier alpha value is -0.500. The van der Waals surface area contributed by atoms with Gasteiger partial charge in [-0.1, -0.05) is 19.4 Å². The molecule has 0 saturated carbocycles. The summed E-state index contributed by atoms with van der Waals surface area (Å²) in [5.74, 6) is -0.289. The largest absolute Gasteiger partial charge is 0.457 e. The molecule has 0 spiro atoms. The minimum absolute atomic E-state index is 0.0912. The first-order chi connectivity index (χ1) is 5.74. The highest BCUT2D eigenvalue weighted by Crippen LogP contribution is 2.20. The average Bonchev–Trinajstić information content (AvgIpc) is 2.32. The van der Waals surface area contributed by atoms with Crippen molar-refractivity contribution >= 4 is 17.6 Å². The lowest BCUT2D eigenvalue weighted by molar-refractivity contribution is -0.139. The Kier molecular flexibility index (Phi) is 3.60. The van der Waals surface area contributed by atoms with Crippen molar-refractivity contribution in [2.75, 3.05) is 0 Å². The molecule has 12 heavy (non-hydrogen) atoms. The highest BCUT2D eigenvalue weighted by molar-refractivity contribution is 6.30. The molecule has 0 amide bonds. The summed E-state index contributed by atoms with van der Waals surface area (Å²) < 4.78 is 4.96. The number of ether oxygens (including phenoxy) is 1. The van der Waals surface area contributed by atoms with E-state index in [4.69, 9.17) is 16.3 Å². The minimum atomic E-state index is -0.443. The van der Waals surface area contributed by atoms with E-state index in [1.807, 2.05) is 12.2 Å². The van der Waals surface area contributed by atoms with Crippen LogP contribution >= 0.6 is 11.6 Å². The van der Waals surface area contributed by atoms with Crippen molar-refractivity contribution in [3.8, 4) is 0 Å². The Morgan fingerprint density at radius 3 is 3.00 bits per heavy atom. The lowest BCUT2D eigenvalue weighted by atomic mass is 10.2. The van der Waals surface area contributed by atoms with Gasteiger partial charge in [-0.3, -0.25) is 4.79 Å². The highest BCUT2D eigenvalue weighted by Gasteiger charge is 2.30. The molecule has 0 bridgehead atoms. The van der Waals surface area contributed by atoms with E-state index in [1.165, 1.54) is 0 Å². The topological polar surface area (TPSA) is 26.3 Å². The molecule has 3 heteroatoms. The molecule has 1 aliphatic rings. The summed E-state index contributed by atoms with van der Waals surface area (Å²) in [5.41, 5.74) is 0. The number of esters is 1. The van der Waals surface area contributed by atoms with Crippen molar-refractivity contribution in [3.05, 3.63) is 12.2 Å². The van der Waals surface area contributed by atoms with Crippen LogP contribution < -0.4 is 0 Å². The first-order valence-corrected chi connectivity index (χ1v) is 4.69. The van der Waals surface area contributed by atoms with Crippen LogP contribution in [0.1, 0.15) is 26.2 Å². The Morgan fingerprint density at radius 1 is 1.75 bits per heavy atom. The molecular weight excluding hydrogens is 176 g/mol. The van der Waals surface area contributed by atoms with Gasteiger partial charge in [0.2, 0.25) is 0 Å². The van der Waals surface area contributed by atoms with Crippen LogP contribution in [0.3, 0.4) is 0 Å². The van der Waals surface area contributed by atoms with E-state index in [2.05, 4.69) is 6.92 Å². The van der Waals surface area contributed by atoms with Crippen molar-refractivity contribution in [2.45, 2.75) is 37.7 Å². The van der Waals surface area contributed by atoms with Crippen LogP contribution in [0.4, 0.5) is 0 Å². The highest BCUT2D eigenvalue weighted by atomic mass is 35.5. The fourth-order valence-corrected chi connectivity index (χ4v) is 1.33. The Balaban J connectivity index is 2.32. The van der Waals surface area contributed by atoms with Gasteiger partial charge in [0.05, 0.1) is 0 Å². The second kappa shape index (κ2) is 4.51. The van der Waals surface area contributed by atoms with Gasteiger partial charge in [0, 0.05) is 6.42 Å². The minimum Gasteiger partial charge on any atom is -0.457 e. The van der Waals surface area contributed by atoms with E-state index in [1.54, 1.807) is 0 Å². The van der Waals surface area contributed by atoms with Crippen LogP contribution in [-0.4, -0.2) is 17.5 Å². The molecule has 2 atom stereocenters. The zero-order valence-electron chi connectivity index (χ0n) is 7.13. The fourth-order valence-electron chi connectivity index (χ4n) is 1.10. The van der Waals surface area contributed by atoms with Gasteiger partial charge in [-0.15, -0.1) is 11.6 Å². The van der Waals surface area contributed by atoms with Crippen molar-refractivity contribution < 1.29 is 9.53 Å². The maximum absolute atomic E-state index is 10.8. The molecule has 0 aromatic carbocycles. The predicted octanol–water partition coefficient (Wildman–Crippen LogP) is 2.27. The summed E-state index contributed by atoms with van der Waals surface area (Å²) in [4.78, 5) is 10.8. The van der Waals surface area contributed by atoms with Crippen molar-refractivity contribution in [1.82, 2.24) is 0 Å². The maximum Gasteiger partial charge on any atom is 0.324 e. The molecule has 1 fully saturated rings. The van der Waals surface area contributed by atoms with Gasteiger partial charge < -0.3 is 4.74 Å². The number of rotatable bonds is 3. The van der Waals surface area contributed by atoms with Crippen LogP contribution in [0.25, 0.3) is 0 Å². The molecule has 0 aromatic heterocycles. The standard InChI is InChI=1S/C9H13ClO2/c1-2-3-4-5-7-6-8(10)9(11)12-7/h4-5,7-8H,2-3,6H2,1H3/b5-4+/t7-,8-/m1/s1. The molecule has 0 radical (unpaired) electrons. The molecule has 0 aromatic rings. The van der Waals surface area contributed by atoms with Gasteiger partial charge in [0.25, 0.3) is 0 Å². The summed E-state index contributed by atoms with van der Waals surface area (Å²) in [6, 6.07) is 0. The van der Waals surface area contributed by atoms with Crippen LogP contribution in [-0.2, 0) is 9.53 Å². The summed E-state index contributed by atoms with van der Waals surface area (Å²) >= 11 is 5.66. The summed E-state index contributed by atoms with van der Waals surface area (Å²) in [5, 5.41) is -0.443. The van der Waals surface area contributed by atoms with Gasteiger partial charge in [-0.05, 0) is 12.5 Å². The van der Waals surface area contributed by atoms with Crippen LogP contribution in [0.15, 0.2) is 12.2 Å². The average molecular weight is 189 g/mol. The number of alkyl halides is 1. The number of allylic oxidation sites excluding steroid dienone is 1. The fraction of sp³-hybridized carbons (Fsp3) is 0.667. The molecular formula is C9H13ClO2. The van der Waals surface area contributed by atoms with Crippen LogP contribution in [0.5, 0.6) is 0 Å². The smallest absolute Gasteiger partial charge is 0.324 e. The second-order valence-corrected chi connectivity index (χ2v) is 3.42. The lowest BCUT2D eigenvalue weighted by Crippen LogP contribution is -2.05. The summed E-state index contributed by atoms with van der Waals surface area (Å²) in [7, 11) is 0. The van der Waals surface area contributed by atoms with Gasteiger partial charge in [-0.2, -0.15) is 0 Å². The van der Waals surface area contributed by atoms with E-state index < -0.39 is 5.38 Å². The third kappa shape index (κ3) is 2.52. The van der Waals surface area contributed by atoms with E-state index in [-0.39, 0.29) is 12.1 Å². The maximum atomic E-state index is 10.8. The molecule has 0 unspecified atom stereocenters. The van der Waals surface area contributed by atoms with E-state index in [0.29, 0.717) is 6.42 Å². The number of carbonyl (C=O) groups is 1. The number of hydrogen-bond acceptors (Lipinski definition) is 2. The van der Waals surface area contributed by atoms with Crippen molar-refractivity contribution in [3.63, 3.8) is 0 Å². The third-order valence-corrected chi connectivity index (χ3v) is 2.12. The SMILES string of the molecule is CCC/C=C/[C@@H]1C[C@@H](Cl)C(=O)O1. The van der Waals surface area contributed by atoms with Gasteiger partial charge in [-0.25, -0.2) is 0 Å². The van der Waals surface area contributed by atoms with E-state index >= 15 is 0 Å². The normalized spacial score (nSPS) is 29.7. The number of unbranched alkanes of at least 4 members (excludes halogenated alkanes) is 1. The number of hydrogen-bond donors (Lipinski definition) is 0. The van der Waals surface area contributed by atoms with Gasteiger partial charge in [0.1, 0.15) is 11.5 Å². The van der Waals surface area contributed by atoms with Crippen LogP contribution in [0.2, 0.25) is 0 Å². The lowest BCUT2D eigenvalue weighted by Gasteiger charge is -2.00. The Morgan fingerprint density at radius 2 is 2.50 bits per heavy atom. The molecule has 0 N–H and O–H groups in total. The number of halogens is 1. The Bertz CT molecular complexity index is 189. The number of cyclic esters (lactones) is 1. The zero-order chi connectivity index (χ0) is 8.97. The second-order valence-electron chi connectivity index (χ2n) is 2.90. The van der Waals surface area contributed by atoms with E-state index in [0.717, 1.165) is 12.8 Å².